The van der Waals surface area contributed by atoms with Crippen LogP contribution in [0.25, 0.3) is 28.0 Å². The Morgan fingerprint density at radius 3 is 2.06 bits per heavy atom. The van der Waals surface area contributed by atoms with Gasteiger partial charge >= 0.3 is 0 Å². The minimum atomic E-state index is 0.880. The van der Waals surface area contributed by atoms with Crippen molar-refractivity contribution in [3.8, 4) is 22.4 Å². The molecule has 168 valence electrons. The zero-order chi connectivity index (χ0) is 22.9. The molecule has 6 heteroatoms. The Balaban J connectivity index is 1.40. The van der Waals surface area contributed by atoms with Gasteiger partial charge in [-0.25, -0.2) is 9.97 Å². The summed E-state index contributed by atoms with van der Waals surface area (Å²) in [5.41, 5.74) is 6.16. The normalized spacial score (nSPS) is 14.0. The van der Waals surface area contributed by atoms with E-state index in [1.807, 2.05) is 35.8 Å². The Morgan fingerprint density at radius 2 is 1.35 bits per heavy atom. The maximum absolute atomic E-state index is 5.06. The minimum Gasteiger partial charge on any atom is -0.353 e. The average molecular weight is 447 g/mol. The molecular formula is C28H26N6. The van der Waals surface area contributed by atoms with Crippen LogP contribution in [0.1, 0.15) is 5.69 Å². The van der Waals surface area contributed by atoms with Gasteiger partial charge in [0.25, 0.3) is 0 Å². The van der Waals surface area contributed by atoms with Crippen molar-refractivity contribution >= 4 is 17.3 Å². The summed E-state index contributed by atoms with van der Waals surface area (Å²) in [5, 5.41) is 4.78. The van der Waals surface area contributed by atoms with E-state index in [9.17, 15) is 0 Å². The van der Waals surface area contributed by atoms with Crippen LogP contribution >= 0.6 is 0 Å². The van der Waals surface area contributed by atoms with Crippen LogP contribution in [0, 0.1) is 6.92 Å². The van der Waals surface area contributed by atoms with Gasteiger partial charge < -0.3 is 9.80 Å². The summed E-state index contributed by atoms with van der Waals surface area (Å²) in [7, 11) is 0. The fourth-order valence-corrected chi connectivity index (χ4v) is 4.62. The topological polar surface area (TPSA) is 49.6 Å². The van der Waals surface area contributed by atoms with Crippen LogP contribution in [0.5, 0.6) is 0 Å². The van der Waals surface area contributed by atoms with Gasteiger partial charge in [-0.1, -0.05) is 66.7 Å². The second-order valence-corrected chi connectivity index (χ2v) is 8.64. The summed E-state index contributed by atoms with van der Waals surface area (Å²) in [6.07, 6.45) is 1.93. The number of aryl methyl sites for hydroxylation is 1. The van der Waals surface area contributed by atoms with Crippen molar-refractivity contribution in [3.63, 3.8) is 0 Å². The highest BCUT2D eigenvalue weighted by atomic mass is 15.4. The standard InChI is InChI=1S/C28H26N6/c1-21-9-8-14-26(30-21)32-15-17-33(18-16-32)27-19-25(23-12-6-3-7-13-23)31-28-24(20-29-34(27)28)22-10-4-2-5-11-22/h2-14,19-20H,15-18H2,1H3. The monoisotopic (exact) mass is 446 g/mol. The second kappa shape index (κ2) is 8.63. The Labute approximate surface area is 199 Å². The molecule has 0 amide bonds. The Kier molecular flexibility index (Phi) is 5.18. The average Bonchev–Trinajstić information content (AvgIpc) is 3.33. The molecule has 2 aromatic carbocycles. The first-order chi connectivity index (χ1) is 16.8. The van der Waals surface area contributed by atoms with Crippen LogP contribution in [-0.2, 0) is 0 Å². The minimum absolute atomic E-state index is 0.880. The van der Waals surface area contributed by atoms with Crippen LogP contribution in [0.4, 0.5) is 11.6 Å². The van der Waals surface area contributed by atoms with Crippen molar-refractivity contribution in [2.75, 3.05) is 36.0 Å². The van der Waals surface area contributed by atoms with Gasteiger partial charge in [-0.05, 0) is 24.6 Å². The van der Waals surface area contributed by atoms with Crippen LogP contribution in [0.15, 0.2) is 91.1 Å². The maximum Gasteiger partial charge on any atom is 0.165 e. The number of pyridine rings is 1. The highest BCUT2D eigenvalue weighted by Gasteiger charge is 2.23. The van der Waals surface area contributed by atoms with E-state index in [4.69, 9.17) is 15.1 Å². The number of piperazine rings is 1. The number of benzene rings is 2. The van der Waals surface area contributed by atoms with E-state index >= 15 is 0 Å². The van der Waals surface area contributed by atoms with E-state index in [1.165, 1.54) is 0 Å². The zero-order valence-corrected chi connectivity index (χ0v) is 19.2. The van der Waals surface area contributed by atoms with Crippen LogP contribution in [-0.4, -0.2) is 45.8 Å². The van der Waals surface area contributed by atoms with Crippen molar-refractivity contribution in [3.05, 3.63) is 96.8 Å². The molecule has 3 aromatic heterocycles. The first-order valence-electron chi connectivity index (χ1n) is 11.7. The number of anilines is 2. The third-order valence-corrected chi connectivity index (χ3v) is 6.41. The van der Waals surface area contributed by atoms with Gasteiger partial charge in [0.15, 0.2) is 5.65 Å². The lowest BCUT2D eigenvalue weighted by Gasteiger charge is -2.36. The van der Waals surface area contributed by atoms with Gasteiger partial charge in [0, 0.05) is 49.1 Å². The van der Waals surface area contributed by atoms with Crippen molar-refractivity contribution in [1.82, 2.24) is 19.6 Å². The molecule has 34 heavy (non-hydrogen) atoms. The first kappa shape index (κ1) is 20.4. The first-order valence-corrected chi connectivity index (χ1v) is 11.7. The third-order valence-electron chi connectivity index (χ3n) is 6.41. The molecule has 1 aliphatic heterocycles. The summed E-state index contributed by atoms with van der Waals surface area (Å²) in [6, 6.07) is 29.1. The lowest BCUT2D eigenvalue weighted by atomic mass is 10.1. The molecule has 0 spiro atoms. The lowest BCUT2D eigenvalue weighted by molar-refractivity contribution is 0.633. The fourth-order valence-electron chi connectivity index (χ4n) is 4.62. The predicted octanol–water partition coefficient (Wildman–Crippen LogP) is 5.09. The molecule has 5 aromatic rings. The maximum atomic E-state index is 5.06. The van der Waals surface area contributed by atoms with Gasteiger partial charge in [-0.15, -0.1) is 0 Å². The highest BCUT2D eigenvalue weighted by molar-refractivity contribution is 5.80. The molecule has 4 heterocycles. The van der Waals surface area contributed by atoms with Crippen LogP contribution < -0.4 is 9.80 Å². The molecule has 0 bridgehead atoms. The Bertz CT molecular complexity index is 1420. The summed E-state index contributed by atoms with van der Waals surface area (Å²) in [5.74, 6) is 2.12. The lowest BCUT2D eigenvalue weighted by Crippen LogP contribution is -2.47. The molecule has 1 aliphatic rings. The number of fused-ring (bicyclic) bond motifs is 1. The largest absolute Gasteiger partial charge is 0.353 e. The van der Waals surface area contributed by atoms with E-state index < -0.39 is 0 Å². The number of nitrogens with zero attached hydrogens (tertiary/aromatic N) is 6. The summed E-state index contributed by atoms with van der Waals surface area (Å²) >= 11 is 0. The van der Waals surface area contributed by atoms with Gasteiger partial charge in [-0.3, -0.25) is 0 Å². The van der Waals surface area contributed by atoms with Crippen molar-refractivity contribution in [2.45, 2.75) is 6.92 Å². The molecule has 1 saturated heterocycles. The van der Waals surface area contributed by atoms with Gasteiger partial charge in [-0.2, -0.15) is 9.61 Å². The van der Waals surface area contributed by atoms with Crippen LogP contribution in [0.2, 0.25) is 0 Å². The second-order valence-electron chi connectivity index (χ2n) is 8.64. The van der Waals surface area contributed by atoms with Crippen molar-refractivity contribution in [1.29, 1.82) is 0 Å². The van der Waals surface area contributed by atoms with E-state index in [0.29, 0.717) is 0 Å². The molecule has 0 aliphatic carbocycles. The Hall–Kier alpha value is -4.19. The number of aromatic nitrogens is 4. The third kappa shape index (κ3) is 3.77. The molecule has 0 atom stereocenters. The van der Waals surface area contributed by atoms with Gasteiger partial charge in [0.2, 0.25) is 0 Å². The van der Waals surface area contributed by atoms with Crippen LogP contribution in [0.3, 0.4) is 0 Å². The van der Waals surface area contributed by atoms with Gasteiger partial charge in [0.1, 0.15) is 11.6 Å². The Morgan fingerprint density at radius 1 is 0.676 bits per heavy atom. The smallest absolute Gasteiger partial charge is 0.165 e. The summed E-state index contributed by atoms with van der Waals surface area (Å²) in [4.78, 5) is 14.5. The zero-order valence-electron chi connectivity index (χ0n) is 19.2. The molecule has 0 unspecified atom stereocenters. The highest BCUT2D eigenvalue weighted by Crippen LogP contribution is 2.31. The molecule has 0 saturated carbocycles. The number of hydrogen-bond acceptors (Lipinski definition) is 5. The van der Waals surface area contributed by atoms with E-state index in [-0.39, 0.29) is 0 Å². The van der Waals surface area contributed by atoms with Crippen molar-refractivity contribution < 1.29 is 0 Å². The quantitative estimate of drug-likeness (QED) is 0.385. The van der Waals surface area contributed by atoms with Gasteiger partial charge in [0.05, 0.1) is 11.9 Å². The van der Waals surface area contributed by atoms with Crippen molar-refractivity contribution in [2.24, 2.45) is 0 Å². The van der Waals surface area contributed by atoms with E-state index in [2.05, 4.69) is 76.5 Å². The number of rotatable bonds is 4. The predicted molar refractivity (Wildman–Crippen MR) is 137 cm³/mol. The fraction of sp³-hybridized carbons (Fsp3) is 0.179. The summed E-state index contributed by atoms with van der Waals surface area (Å²) < 4.78 is 2.00. The summed E-state index contributed by atoms with van der Waals surface area (Å²) in [6.45, 7) is 5.65. The molecular weight excluding hydrogens is 420 g/mol. The molecule has 0 radical (unpaired) electrons. The molecule has 6 rings (SSSR count). The number of hydrogen-bond donors (Lipinski definition) is 0. The van der Waals surface area contributed by atoms with E-state index in [1.54, 1.807) is 0 Å². The molecule has 0 N–H and O–H groups in total. The molecule has 6 nitrogen and oxygen atoms in total. The SMILES string of the molecule is Cc1cccc(N2CCN(c3cc(-c4ccccc4)nc4c(-c5ccccc5)cnn34)CC2)n1. The molecule has 1 fully saturated rings. The van der Waals surface area contributed by atoms with E-state index in [0.717, 1.165) is 71.5 Å².